The Morgan fingerprint density at radius 1 is 1.17 bits per heavy atom. The normalized spacial score (nSPS) is 41.6. The van der Waals surface area contributed by atoms with Gasteiger partial charge in [0.2, 0.25) is 0 Å². The van der Waals surface area contributed by atoms with Gasteiger partial charge in [-0.2, -0.15) is 0 Å². The van der Waals surface area contributed by atoms with Gasteiger partial charge in [-0.15, -0.1) is 0 Å². The highest BCUT2D eigenvalue weighted by atomic mass is 79.9. The van der Waals surface area contributed by atoms with Crippen molar-refractivity contribution in [2.24, 2.45) is 23.2 Å². The number of aliphatic hydroxyl groups excluding tert-OH is 1. The van der Waals surface area contributed by atoms with Gasteiger partial charge in [0.15, 0.2) is 0 Å². The monoisotopic (exact) mass is 394 g/mol. The summed E-state index contributed by atoms with van der Waals surface area (Å²) in [7, 11) is 0. The fraction of sp³-hybridized carbons (Fsp3) is 0.818. The molecular formula is C22H35BrO. The van der Waals surface area contributed by atoms with Crippen molar-refractivity contribution < 1.29 is 5.11 Å². The zero-order valence-corrected chi connectivity index (χ0v) is 17.2. The molecule has 0 saturated heterocycles. The Bertz CT molecular complexity index is 494. The average molecular weight is 395 g/mol. The molecule has 3 fully saturated rings. The van der Waals surface area contributed by atoms with E-state index in [0.717, 1.165) is 37.0 Å². The van der Waals surface area contributed by atoms with Crippen LogP contribution < -0.4 is 0 Å². The third-order valence-corrected chi connectivity index (χ3v) is 8.10. The molecule has 2 unspecified atom stereocenters. The lowest BCUT2D eigenvalue weighted by Crippen LogP contribution is -2.35. The van der Waals surface area contributed by atoms with Crippen LogP contribution in [-0.4, -0.2) is 11.2 Å². The molecule has 3 aliphatic rings. The summed E-state index contributed by atoms with van der Waals surface area (Å²) in [5, 5.41) is 10.1. The van der Waals surface area contributed by atoms with Crippen LogP contribution in [-0.2, 0) is 0 Å². The van der Waals surface area contributed by atoms with E-state index in [4.69, 9.17) is 0 Å². The van der Waals surface area contributed by atoms with Crippen molar-refractivity contribution in [1.29, 1.82) is 0 Å². The number of aliphatic hydroxyl groups is 1. The van der Waals surface area contributed by atoms with Crippen LogP contribution in [0.2, 0.25) is 0 Å². The number of rotatable bonds is 4. The van der Waals surface area contributed by atoms with E-state index < -0.39 is 0 Å². The van der Waals surface area contributed by atoms with Gasteiger partial charge in [0, 0.05) is 0 Å². The van der Waals surface area contributed by atoms with Crippen molar-refractivity contribution in [3.05, 3.63) is 22.2 Å². The van der Waals surface area contributed by atoms with Gasteiger partial charge < -0.3 is 5.11 Å². The number of hydrogen-bond donors (Lipinski definition) is 1. The number of fused-ring (bicyclic) bond motifs is 1. The molecule has 0 aliphatic heterocycles. The quantitative estimate of drug-likeness (QED) is 0.522. The molecule has 0 spiro atoms. The maximum Gasteiger partial charge on any atom is 0.0750 e. The van der Waals surface area contributed by atoms with Crippen molar-refractivity contribution in [3.8, 4) is 0 Å². The predicted octanol–water partition coefficient (Wildman–Crippen LogP) is 6.76. The molecule has 0 bridgehead atoms. The fourth-order valence-electron chi connectivity index (χ4n) is 6.14. The molecule has 136 valence electrons. The van der Waals surface area contributed by atoms with Gasteiger partial charge in [0.05, 0.1) is 6.10 Å². The number of halogens is 1. The summed E-state index contributed by atoms with van der Waals surface area (Å²) in [5.41, 5.74) is 3.52. The second-order valence-corrected chi connectivity index (χ2v) is 9.33. The first-order valence-corrected chi connectivity index (χ1v) is 11.1. The van der Waals surface area contributed by atoms with E-state index in [-0.39, 0.29) is 6.10 Å². The zero-order valence-electron chi connectivity index (χ0n) is 15.6. The van der Waals surface area contributed by atoms with Gasteiger partial charge in [-0.05, 0) is 97.9 Å². The second-order valence-electron chi connectivity index (χ2n) is 8.88. The minimum Gasteiger partial charge on any atom is -0.389 e. The standard InChI is InChI=1S/C22H35BrO/c1-16(7-5-9-17-8-3-4-11-21(17)24)19-12-13-20-18(15-23)10-6-14-22(19,20)2/h9,15-16,19-21,24H,3-8,10-14H2,1-2H3/t16-,19-,20?,21?,22-/m1/s1. The van der Waals surface area contributed by atoms with Crippen LogP contribution in [0.4, 0.5) is 0 Å². The highest BCUT2D eigenvalue weighted by molar-refractivity contribution is 9.11. The minimum absolute atomic E-state index is 0.146. The largest absolute Gasteiger partial charge is 0.389 e. The van der Waals surface area contributed by atoms with Crippen LogP contribution in [0, 0.1) is 23.2 Å². The lowest BCUT2D eigenvalue weighted by atomic mass is 9.61. The molecule has 3 aliphatic carbocycles. The van der Waals surface area contributed by atoms with Gasteiger partial charge in [-0.3, -0.25) is 0 Å². The van der Waals surface area contributed by atoms with E-state index in [9.17, 15) is 5.11 Å². The summed E-state index contributed by atoms with van der Waals surface area (Å²) >= 11 is 3.63. The molecule has 0 aromatic rings. The Morgan fingerprint density at radius 3 is 2.71 bits per heavy atom. The van der Waals surface area contributed by atoms with Crippen LogP contribution in [0.25, 0.3) is 0 Å². The Hall–Kier alpha value is -0.0800. The van der Waals surface area contributed by atoms with Crippen LogP contribution in [0.5, 0.6) is 0 Å². The van der Waals surface area contributed by atoms with E-state index in [1.165, 1.54) is 56.9 Å². The van der Waals surface area contributed by atoms with E-state index in [0.29, 0.717) is 5.41 Å². The molecule has 0 aromatic carbocycles. The molecule has 1 nitrogen and oxygen atoms in total. The molecule has 24 heavy (non-hydrogen) atoms. The van der Waals surface area contributed by atoms with Crippen LogP contribution in [0.1, 0.15) is 84.5 Å². The van der Waals surface area contributed by atoms with Crippen molar-refractivity contribution >= 4 is 15.9 Å². The van der Waals surface area contributed by atoms with E-state index >= 15 is 0 Å². The summed E-state index contributed by atoms with van der Waals surface area (Å²) < 4.78 is 0. The molecule has 0 heterocycles. The molecule has 2 heteroatoms. The highest BCUT2D eigenvalue weighted by Gasteiger charge is 2.50. The first kappa shape index (κ1) is 18.7. The maximum absolute atomic E-state index is 10.1. The van der Waals surface area contributed by atoms with Crippen molar-refractivity contribution in [2.45, 2.75) is 90.6 Å². The highest BCUT2D eigenvalue weighted by Crippen LogP contribution is 2.59. The summed E-state index contributed by atoms with van der Waals surface area (Å²) in [5.74, 6) is 2.49. The van der Waals surface area contributed by atoms with Gasteiger partial charge in [-0.1, -0.05) is 47.8 Å². The van der Waals surface area contributed by atoms with Crippen molar-refractivity contribution in [1.82, 2.24) is 0 Å². The van der Waals surface area contributed by atoms with Gasteiger partial charge >= 0.3 is 0 Å². The Balaban J connectivity index is 1.59. The molecule has 1 N–H and O–H groups in total. The SMILES string of the molecule is C[C@H](CCC=C1CCCCC1O)[C@H]1CCC2C(=CBr)CCC[C@@]21C. The lowest BCUT2D eigenvalue weighted by molar-refractivity contribution is 0.0947. The summed E-state index contributed by atoms with van der Waals surface area (Å²) in [6.07, 6.45) is 16.1. The van der Waals surface area contributed by atoms with Gasteiger partial charge in [0.25, 0.3) is 0 Å². The van der Waals surface area contributed by atoms with E-state index in [1.54, 1.807) is 5.57 Å². The summed E-state index contributed by atoms with van der Waals surface area (Å²) in [6.45, 7) is 5.06. The topological polar surface area (TPSA) is 20.2 Å². The van der Waals surface area contributed by atoms with E-state index in [1.807, 2.05) is 0 Å². The second kappa shape index (κ2) is 8.08. The van der Waals surface area contributed by atoms with Crippen LogP contribution in [0.15, 0.2) is 22.2 Å². The Labute approximate surface area is 157 Å². The summed E-state index contributed by atoms with van der Waals surface area (Å²) in [6, 6.07) is 0. The molecule has 0 aromatic heterocycles. The molecule has 3 rings (SSSR count). The summed E-state index contributed by atoms with van der Waals surface area (Å²) in [4.78, 5) is 2.23. The van der Waals surface area contributed by atoms with Gasteiger partial charge in [-0.25, -0.2) is 0 Å². The Kier molecular flexibility index (Phi) is 6.30. The molecule has 3 saturated carbocycles. The fourth-order valence-corrected chi connectivity index (χ4v) is 6.68. The van der Waals surface area contributed by atoms with Crippen LogP contribution in [0.3, 0.4) is 0 Å². The Morgan fingerprint density at radius 2 is 1.96 bits per heavy atom. The molecule has 5 atom stereocenters. The molecule has 0 amide bonds. The van der Waals surface area contributed by atoms with Crippen molar-refractivity contribution in [2.75, 3.05) is 0 Å². The molecule has 0 radical (unpaired) electrons. The average Bonchev–Trinajstić information content (AvgIpc) is 2.93. The van der Waals surface area contributed by atoms with Crippen molar-refractivity contribution in [3.63, 3.8) is 0 Å². The third-order valence-electron chi connectivity index (χ3n) is 7.51. The lowest BCUT2D eigenvalue weighted by Gasteiger charge is -2.44. The zero-order chi connectivity index (χ0) is 17.2. The van der Waals surface area contributed by atoms with E-state index in [2.05, 4.69) is 40.8 Å². The minimum atomic E-state index is -0.146. The number of allylic oxidation sites excluding steroid dienone is 2. The number of hydrogen-bond acceptors (Lipinski definition) is 1. The van der Waals surface area contributed by atoms with Gasteiger partial charge in [0.1, 0.15) is 0 Å². The smallest absolute Gasteiger partial charge is 0.0750 e. The van der Waals surface area contributed by atoms with Crippen LogP contribution >= 0.6 is 15.9 Å². The first-order valence-electron chi connectivity index (χ1n) is 10.2. The third kappa shape index (κ3) is 3.70. The molecular weight excluding hydrogens is 360 g/mol. The maximum atomic E-state index is 10.1. The predicted molar refractivity (Wildman–Crippen MR) is 106 cm³/mol. The first-order chi connectivity index (χ1) is 11.6.